The minimum absolute atomic E-state index is 0.0506. The molecule has 4 rings (SSSR count). The third-order valence-corrected chi connectivity index (χ3v) is 5.67. The van der Waals surface area contributed by atoms with Gasteiger partial charge >= 0.3 is 0 Å². The van der Waals surface area contributed by atoms with Gasteiger partial charge in [-0.3, -0.25) is 9.69 Å². The maximum atomic E-state index is 12.6. The van der Waals surface area contributed by atoms with E-state index in [1.807, 2.05) is 4.90 Å². The Balaban J connectivity index is 1.66. The van der Waals surface area contributed by atoms with Crippen molar-refractivity contribution in [2.75, 3.05) is 20.1 Å². The Bertz CT molecular complexity index is 741. The van der Waals surface area contributed by atoms with Crippen LogP contribution in [0.15, 0.2) is 41.1 Å². The van der Waals surface area contributed by atoms with E-state index in [1.165, 1.54) is 17.3 Å². The third kappa shape index (κ3) is 2.26. The van der Waals surface area contributed by atoms with Crippen LogP contribution in [0.5, 0.6) is 0 Å². The molecule has 1 amide bonds. The van der Waals surface area contributed by atoms with Crippen LogP contribution < -0.4 is 0 Å². The van der Waals surface area contributed by atoms with Crippen LogP contribution in [-0.2, 0) is 0 Å². The monoisotopic (exact) mass is 325 g/mol. The van der Waals surface area contributed by atoms with E-state index in [4.69, 9.17) is 4.52 Å². The van der Waals surface area contributed by atoms with Gasteiger partial charge in [0.25, 0.3) is 5.91 Å². The number of benzene rings is 1. The van der Waals surface area contributed by atoms with Crippen molar-refractivity contribution < 1.29 is 9.32 Å². The van der Waals surface area contributed by atoms with Gasteiger partial charge in [-0.1, -0.05) is 29.4 Å². The highest BCUT2D eigenvalue weighted by atomic mass is 16.5. The smallest absolute Gasteiger partial charge is 0.292 e. The number of hydrogen-bond donors (Lipinski definition) is 0. The zero-order valence-electron chi connectivity index (χ0n) is 14.3. The second kappa shape index (κ2) is 5.74. The van der Waals surface area contributed by atoms with E-state index in [0.29, 0.717) is 29.7 Å². The number of amides is 1. The van der Waals surface area contributed by atoms with Gasteiger partial charge in [0.2, 0.25) is 5.76 Å². The molecule has 1 aromatic heterocycles. The molecule has 5 nitrogen and oxygen atoms in total. The van der Waals surface area contributed by atoms with Gasteiger partial charge in [-0.2, -0.15) is 0 Å². The van der Waals surface area contributed by atoms with Crippen molar-refractivity contribution in [3.05, 3.63) is 53.4 Å². The summed E-state index contributed by atoms with van der Waals surface area (Å²) in [6.45, 7) is 5.97. The first-order valence-corrected chi connectivity index (χ1v) is 8.58. The average Bonchev–Trinajstić information content (AvgIpc) is 3.29. The van der Waals surface area contributed by atoms with Crippen molar-refractivity contribution in [1.29, 1.82) is 0 Å². The van der Waals surface area contributed by atoms with Crippen molar-refractivity contribution in [3.8, 4) is 0 Å². The van der Waals surface area contributed by atoms with E-state index in [0.717, 1.165) is 13.1 Å². The van der Waals surface area contributed by atoms with Gasteiger partial charge in [-0.15, -0.1) is 0 Å². The fourth-order valence-corrected chi connectivity index (χ4v) is 4.32. The Morgan fingerprint density at radius 1 is 1.25 bits per heavy atom. The van der Waals surface area contributed by atoms with Crippen molar-refractivity contribution >= 4 is 5.91 Å². The number of likely N-dealkylation sites (tertiary alicyclic amines) is 1. The summed E-state index contributed by atoms with van der Waals surface area (Å²) in [6, 6.07) is 11.2. The lowest BCUT2D eigenvalue weighted by molar-refractivity contribution is 0.0728. The number of nitrogens with zero attached hydrogens (tertiary/aromatic N) is 3. The SMILES string of the molecule is CC(C)N(C)[C@H]1c2ccccc2[C@@H]2CN(C(=O)c3ccno3)C[C@@H]21. The maximum absolute atomic E-state index is 12.6. The highest BCUT2D eigenvalue weighted by Gasteiger charge is 2.49. The van der Waals surface area contributed by atoms with Crippen molar-refractivity contribution in [3.63, 3.8) is 0 Å². The Morgan fingerprint density at radius 3 is 2.67 bits per heavy atom. The lowest BCUT2D eigenvalue weighted by Gasteiger charge is -2.33. The highest BCUT2D eigenvalue weighted by molar-refractivity contribution is 5.91. The number of rotatable bonds is 3. The van der Waals surface area contributed by atoms with Crippen LogP contribution >= 0.6 is 0 Å². The number of fused-ring (bicyclic) bond motifs is 3. The molecule has 1 aliphatic carbocycles. The molecule has 1 saturated heterocycles. The second-order valence-electron chi connectivity index (χ2n) is 7.19. The molecule has 0 N–H and O–H groups in total. The first-order valence-electron chi connectivity index (χ1n) is 8.58. The molecule has 24 heavy (non-hydrogen) atoms. The van der Waals surface area contributed by atoms with Crippen LogP contribution in [0.25, 0.3) is 0 Å². The Labute approximate surface area is 142 Å². The fraction of sp³-hybridized carbons (Fsp3) is 0.474. The molecule has 2 aromatic rings. The van der Waals surface area contributed by atoms with E-state index in [1.54, 1.807) is 6.07 Å². The van der Waals surface area contributed by atoms with Crippen LogP contribution in [-0.4, -0.2) is 47.0 Å². The van der Waals surface area contributed by atoms with Crippen LogP contribution in [0, 0.1) is 5.92 Å². The summed E-state index contributed by atoms with van der Waals surface area (Å²) < 4.78 is 5.06. The lowest BCUT2D eigenvalue weighted by atomic mass is 9.93. The van der Waals surface area contributed by atoms with E-state index >= 15 is 0 Å². The molecule has 126 valence electrons. The molecule has 1 aliphatic heterocycles. The number of hydrogen-bond acceptors (Lipinski definition) is 4. The van der Waals surface area contributed by atoms with Gasteiger partial charge in [0.05, 0.1) is 6.20 Å². The lowest BCUT2D eigenvalue weighted by Crippen LogP contribution is -2.36. The molecule has 3 atom stereocenters. The summed E-state index contributed by atoms with van der Waals surface area (Å²) in [4.78, 5) is 17.0. The molecule has 2 aliphatic rings. The van der Waals surface area contributed by atoms with Gasteiger partial charge in [0.15, 0.2) is 0 Å². The Kier molecular flexibility index (Phi) is 3.68. The fourth-order valence-electron chi connectivity index (χ4n) is 4.32. The molecule has 1 fully saturated rings. The van der Waals surface area contributed by atoms with Crippen LogP contribution in [0.4, 0.5) is 0 Å². The highest BCUT2D eigenvalue weighted by Crippen LogP contribution is 2.51. The summed E-state index contributed by atoms with van der Waals surface area (Å²) in [6.07, 6.45) is 1.52. The van der Waals surface area contributed by atoms with Crippen LogP contribution in [0.3, 0.4) is 0 Å². The van der Waals surface area contributed by atoms with Gasteiger partial charge in [0, 0.05) is 43.1 Å². The predicted octanol–water partition coefficient (Wildman–Crippen LogP) is 2.93. The number of aromatic nitrogens is 1. The third-order valence-electron chi connectivity index (χ3n) is 5.67. The van der Waals surface area contributed by atoms with Crippen molar-refractivity contribution in [2.24, 2.45) is 5.92 Å². The molecule has 1 aromatic carbocycles. The average molecular weight is 325 g/mol. The normalized spacial score (nSPS) is 25.4. The van der Waals surface area contributed by atoms with Crippen molar-refractivity contribution in [2.45, 2.75) is 31.8 Å². The Hall–Kier alpha value is -2.14. The molecule has 2 heterocycles. The summed E-state index contributed by atoms with van der Waals surface area (Å²) >= 11 is 0. The molecule has 0 bridgehead atoms. The molecular formula is C19H23N3O2. The van der Waals surface area contributed by atoms with E-state index < -0.39 is 0 Å². The van der Waals surface area contributed by atoms with Crippen molar-refractivity contribution in [1.82, 2.24) is 15.0 Å². The quantitative estimate of drug-likeness (QED) is 0.870. The standard InChI is InChI=1S/C19H23N3O2/c1-12(2)21(3)18-14-7-5-4-6-13(14)15-10-22(11-16(15)18)19(23)17-8-9-20-24-17/h4-9,12,15-16,18H,10-11H2,1-3H3/t15-,16-,18-/m0/s1. The first kappa shape index (κ1) is 15.4. The van der Waals surface area contributed by atoms with E-state index in [9.17, 15) is 4.79 Å². The molecule has 0 unspecified atom stereocenters. The van der Waals surface area contributed by atoms with Gasteiger partial charge in [-0.25, -0.2) is 0 Å². The summed E-state index contributed by atoms with van der Waals surface area (Å²) in [7, 11) is 2.19. The second-order valence-corrected chi connectivity index (χ2v) is 7.19. The van der Waals surface area contributed by atoms with E-state index in [-0.39, 0.29) is 5.91 Å². The summed E-state index contributed by atoms with van der Waals surface area (Å²) in [5.41, 5.74) is 2.82. The molecule has 0 radical (unpaired) electrons. The number of carbonyl (C=O) groups excluding carboxylic acids is 1. The first-order chi connectivity index (χ1) is 11.6. The maximum Gasteiger partial charge on any atom is 0.292 e. The molecule has 5 heteroatoms. The summed E-state index contributed by atoms with van der Waals surface area (Å²) in [5.74, 6) is 1.11. The number of carbonyl (C=O) groups is 1. The molecule has 0 saturated carbocycles. The Morgan fingerprint density at radius 2 is 2.00 bits per heavy atom. The minimum Gasteiger partial charge on any atom is -0.351 e. The molecular weight excluding hydrogens is 302 g/mol. The minimum atomic E-state index is -0.0506. The zero-order chi connectivity index (χ0) is 16.8. The van der Waals surface area contributed by atoms with Crippen LogP contribution in [0.1, 0.15) is 47.5 Å². The zero-order valence-corrected chi connectivity index (χ0v) is 14.3. The van der Waals surface area contributed by atoms with E-state index in [2.05, 4.69) is 55.2 Å². The molecule has 0 spiro atoms. The summed E-state index contributed by atoms with van der Waals surface area (Å²) in [5, 5.41) is 3.66. The van der Waals surface area contributed by atoms with Gasteiger partial charge < -0.3 is 9.42 Å². The predicted molar refractivity (Wildman–Crippen MR) is 90.7 cm³/mol. The van der Waals surface area contributed by atoms with Gasteiger partial charge in [0.1, 0.15) is 0 Å². The van der Waals surface area contributed by atoms with Gasteiger partial charge in [-0.05, 0) is 32.0 Å². The largest absolute Gasteiger partial charge is 0.351 e. The van der Waals surface area contributed by atoms with Crippen LogP contribution in [0.2, 0.25) is 0 Å². The topological polar surface area (TPSA) is 49.6 Å².